The van der Waals surface area contributed by atoms with Gasteiger partial charge >= 0.3 is 0 Å². The van der Waals surface area contributed by atoms with Crippen molar-refractivity contribution in [2.45, 2.75) is 20.3 Å². The number of allylic oxidation sites excluding steroid dienone is 12. The Labute approximate surface area is 148 Å². The van der Waals surface area contributed by atoms with Crippen LogP contribution in [-0.4, -0.2) is 0 Å². The Balaban J connectivity index is 1.87. The molecular weight excluding hydrogens is 300 g/mol. The van der Waals surface area contributed by atoms with Gasteiger partial charge in [-0.05, 0) is 62.8 Å². The number of hydrogen-bond donors (Lipinski definition) is 0. The summed E-state index contributed by atoms with van der Waals surface area (Å²) in [6, 6.07) is 6.87. The van der Waals surface area contributed by atoms with E-state index in [4.69, 9.17) is 0 Å². The largest absolute Gasteiger partial charge is 0.0616 e. The molecule has 0 aromatic heterocycles. The first-order chi connectivity index (χ1) is 12.3. The maximum atomic E-state index is 2.46. The first kappa shape index (κ1) is 13.7. The van der Waals surface area contributed by atoms with Crippen LogP contribution in [0.1, 0.15) is 25.8 Å². The van der Waals surface area contributed by atoms with E-state index in [1.54, 1.807) is 5.57 Å². The van der Waals surface area contributed by atoms with Gasteiger partial charge in [0.05, 0.1) is 0 Å². The predicted octanol–water partition coefficient (Wildman–Crippen LogP) is 4.36. The molecule has 5 aliphatic carbocycles. The van der Waals surface area contributed by atoms with Crippen molar-refractivity contribution in [2.75, 3.05) is 0 Å². The third-order valence-corrected chi connectivity index (χ3v) is 6.35. The molecule has 120 valence electrons. The summed E-state index contributed by atoms with van der Waals surface area (Å²) in [5.74, 6) is 0.894. The molecule has 0 nitrogen and oxygen atoms in total. The van der Waals surface area contributed by atoms with Gasteiger partial charge in [0.15, 0.2) is 0 Å². The Morgan fingerprint density at radius 2 is 1.80 bits per heavy atom. The van der Waals surface area contributed by atoms with Crippen LogP contribution >= 0.6 is 0 Å². The van der Waals surface area contributed by atoms with Gasteiger partial charge in [-0.15, -0.1) is 0 Å². The highest BCUT2D eigenvalue weighted by Gasteiger charge is 2.41. The molecule has 0 aliphatic heterocycles. The lowest BCUT2D eigenvalue weighted by atomic mass is 9.60. The van der Waals surface area contributed by atoms with Gasteiger partial charge in [-0.2, -0.15) is 0 Å². The van der Waals surface area contributed by atoms with Gasteiger partial charge in [-0.3, -0.25) is 0 Å². The zero-order valence-electron chi connectivity index (χ0n) is 14.6. The van der Waals surface area contributed by atoms with E-state index in [1.165, 1.54) is 49.4 Å². The van der Waals surface area contributed by atoms with Crippen LogP contribution in [0.15, 0.2) is 82.5 Å². The summed E-state index contributed by atoms with van der Waals surface area (Å²) in [4.78, 5) is 0. The van der Waals surface area contributed by atoms with Crippen molar-refractivity contribution in [2.24, 2.45) is 11.8 Å². The lowest BCUT2D eigenvalue weighted by Crippen LogP contribution is -2.44. The van der Waals surface area contributed by atoms with Crippen molar-refractivity contribution in [1.29, 1.82) is 0 Å². The molecule has 0 radical (unpaired) electrons. The average Bonchev–Trinajstić information content (AvgIpc) is 2.61. The molecule has 0 fully saturated rings. The molecule has 0 heterocycles. The van der Waals surface area contributed by atoms with E-state index in [0.717, 1.165) is 6.42 Å². The molecule has 5 aliphatic rings. The van der Waals surface area contributed by atoms with E-state index in [0.29, 0.717) is 11.8 Å². The molecule has 0 amide bonds. The topological polar surface area (TPSA) is 0 Å². The van der Waals surface area contributed by atoms with E-state index in [1.807, 2.05) is 0 Å². The summed E-state index contributed by atoms with van der Waals surface area (Å²) >= 11 is 0. The maximum absolute atomic E-state index is 2.46. The number of rotatable bonds is 1. The lowest BCUT2D eigenvalue weighted by Gasteiger charge is -2.43. The van der Waals surface area contributed by atoms with Crippen LogP contribution in [0.2, 0.25) is 0 Å². The van der Waals surface area contributed by atoms with Crippen LogP contribution in [0.3, 0.4) is 0 Å². The van der Waals surface area contributed by atoms with E-state index >= 15 is 0 Å². The average molecular weight is 320 g/mol. The van der Waals surface area contributed by atoms with Crippen LogP contribution in [0, 0.1) is 11.8 Å². The Morgan fingerprint density at radius 1 is 0.920 bits per heavy atom. The van der Waals surface area contributed by atoms with Crippen molar-refractivity contribution in [3.8, 4) is 0 Å². The third-order valence-electron chi connectivity index (χ3n) is 6.35. The predicted molar refractivity (Wildman–Crippen MR) is 105 cm³/mol. The van der Waals surface area contributed by atoms with Crippen LogP contribution in [0.25, 0.3) is 17.2 Å². The van der Waals surface area contributed by atoms with Gasteiger partial charge in [-0.25, -0.2) is 0 Å². The second-order valence-corrected chi connectivity index (χ2v) is 7.73. The van der Waals surface area contributed by atoms with Crippen LogP contribution < -0.4 is 10.4 Å². The summed E-state index contributed by atoms with van der Waals surface area (Å²) in [7, 11) is 0. The molecule has 2 unspecified atom stereocenters. The quantitative estimate of drug-likeness (QED) is 0.721. The summed E-state index contributed by atoms with van der Waals surface area (Å²) in [6.07, 6.45) is 17.7. The second-order valence-electron chi connectivity index (χ2n) is 7.73. The standard InChI is InChI=1S/C25H20/c1-3-19-20-8-4-6-15-12-17-10-14(2)11-18-13-16-7-5-9-21(19)24(16)25(22(17)18)23(15)20/h4-13,22-23H,3H2,1-2H3. The highest BCUT2D eigenvalue weighted by Crippen LogP contribution is 2.52. The number of hydrogen-bond acceptors (Lipinski definition) is 0. The zero-order chi connectivity index (χ0) is 16.7. The zero-order valence-corrected chi connectivity index (χ0v) is 14.6. The molecule has 0 N–H and O–H groups in total. The third kappa shape index (κ3) is 1.58. The minimum atomic E-state index is 0.444. The smallest absolute Gasteiger partial charge is 0.0320 e. The van der Waals surface area contributed by atoms with Crippen LogP contribution in [-0.2, 0) is 0 Å². The van der Waals surface area contributed by atoms with E-state index < -0.39 is 0 Å². The van der Waals surface area contributed by atoms with Gasteiger partial charge in [-0.1, -0.05) is 73.2 Å². The first-order valence-corrected chi connectivity index (χ1v) is 9.34. The summed E-state index contributed by atoms with van der Waals surface area (Å²) < 4.78 is 0. The van der Waals surface area contributed by atoms with Gasteiger partial charge in [0.2, 0.25) is 0 Å². The minimum absolute atomic E-state index is 0.444. The van der Waals surface area contributed by atoms with E-state index in [2.05, 4.69) is 74.6 Å². The molecule has 25 heavy (non-hydrogen) atoms. The maximum Gasteiger partial charge on any atom is 0.0320 e. The molecule has 0 spiro atoms. The summed E-state index contributed by atoms with van der Waals surface area (Å²) in [5, 5.41) is 2.93. The normalized spacial score (nSPS) is 27.0. The Morgan fingerprint density at radius 3 is 2.68 bits per heavy atom. The fourth-order valence-electron chi connectivity index (χ4n) is 5.57. The van der Waals surface area contributed by atoms with Gasteiger partial charge < -0.3 is 0 Å². The van der Waals surface area contributed by atoms with Crippen LogP contribution in [0.5, 0.6) is 0 Å². The van der Waals surface area contributed by atoms with Crippen molar-refractivity contribution < 1.29 is 0 Å². The highest BCUT2D eigenvalue weighted by molar-refractivity contribution is 5.90. The highest BCUT2D eigenvalue weighted by atomic mass is 14.4. The van der Waals surface area contributed by atoms with Crippen molar-refractivity contribution in [3.05, 3.63) is 98.5 Å². The summed E-state index contributed by atoms with van der Waals surface area (Å²) in [6.45, 7) is 4.52. The number of benzene rings is 1. The van der Waals surface area contributed by atoms with Crippen molar-refractivity contribution >= 4 is 17.2 Å². The monoisotopic (exact) mass is 320 g/mol. The Bertz CT molecular complexity index is 1170. The molecular formula is C25H20. The Hall–Kier alpha value is -2.60. The lowest BCUT2D eigenvalue weighted by molar-refractivity contribution is 0.779. The summed E-state index contributed by atoms with van der Waals surface area (Å²) in [5.41, 5.74) is 11.9. The molecule has 6 rings (SSSR count). The Kier molecular flexibility index (Phi) is 2.47. The minimum Gasteiger partial charge on any atom is -0.0616 e. The SMILES string of the molecule is CCC1=C2C=CC=C3C=C4C=C(C)C=C5C=c6cccc1c6=C(C54)C32. The van der Waals surface area contributed by atoms with Gasteiger partial charge in [0.25, 0.3) is 0 Å². The van der Waals surface area contributed by atoms with Gasteiger partial charge in [0.1, 0.15) is 0 Å². The molecule has 1 aromatic rings. The van der Waals surface area contributed by atoms with E-state index in [-0.39, 0.29) is 0 Å². The second kappa shape index (κ2) is 4.52. The first-order valence-electron chi connectivity index (χ1n) is 9.34. The molecule has 0 saturated carbocycles. The van der Waals surface area contributed by atoms with Crippen molar-refractivity contribution in [1.82, 2.24) is 0 Å². The molecule has 0 heteroatoms. The fourth-order valence-corrected chi connectivity index (χ4v) is 5.57. The van der Waals surface area contributed by atoms with Crippen LogP contribution in [0.4, 0.5) is 0 Å². The molecule has 1 aromatic carbocycles. The molecule has 0 saturated heterocycles. The molecule has 0 bridgehead atoms. The van der Waals surface area contributed by atoms with Gasteiger partial charge in [0, 0.05) is 11.8 Å². The molecule has 2 atom stereocenters. The van der Waals surface area contributed by atoms with E-state index in [9.17, 15) is 0 Å². The van der Waals surface area contributed by atoms with Crippen molar-refractivity contribution in [3.63, 3.8) is 0 Å². The fraction of sp³-hybridized carbons (Fsp3) is 0.200.